The van der Waals surface area contributed by atoms with Crippen LogP contribution >= 0.6 is 0 Å². The first-order valence-corrected chi connectivity index (χ1v) is 11.3. The standard InChI is InChI=1S/C23H34N6O6/c1-6-13(2)17(28-29-24)20(32)27-23(4,5)22(35)26-18(14(3)30)19(31)25-16(21(33)34)12-15-10-8-7-9-11-15/h7-11,13-14,16-18,30H,6,12H2,1-5H3,(H,25,31)(H,26,35)(H,27,32)(H,33,34)/t13-,14+,16-,17-,18-/m0/s1. The number of nitrogens with zero attached hydrogens (tertiary/aromatic N) is 3. The number of benzene rings is 1. The Bertz CT molecular complexity index is 945. The van der Waals surface area contributed by atoms with Gasteiger partial charge in [-0.15, -0.1) is 0 Å². The summed E-state index contributed by atoms with van der Waals surface area (Å²) in [6.45, 7) is 7.59. The van der Waals surface area contributed by atoms with Gasteiger partial charge in [-0.3, -0.25) is 14.4 Å². The molecule has 0 radical (unpaired) electrons. The highest BCUT2D eigenvalue weighted by atomic mass is 16.4. The fourth-order valence-electron chi connectivity index (χ4n) is 3.18. The van der Waals surface area contributed by atoms with E-state index < -0.39 is 53.5 Å². The number of nitrogens with one attached hydrogen (secondary N) is 3. The van der Waals surface area contributed by atoms with E-state index in [-0.39, 0.29) is 12.3 Å². The van der Waals surface area contributed by atoms with Crippen molar-refractivity contribution < 1.29 is 29.4 Å². The minimum atomic E-state index is -1.54. The van der Waals surface area contributed by atoms with Crippen molar-refractivity contribution in [3.63, 3.8) is 0 Å². The van der Waals surface area contributed by atoms with Gasteiger partial charge in [0.2, 0.25) is 17.7 Å². The van der Waals surface area contributed by atoms with Crippen molar-refractivity contribution in [3.8, 4) is 0 Å². The average Bonchev–Trinajstić information content (AvgIpc) is 2.79. The van der Waals surface area contributed by atoms with Gasteiger partial charge in [-0.05, 0) is 37.8 Å². The van der Waals surface area contributed by atoms with Crippen molar-refractivity contribution in [3.05, 3.63) is 46.3 Å². The van der Waals surface area contributed by atoms with E-state index in [4.69, 9.17) is 5.53 Å². The third-order valence-electron chi connectivity index (χ3n) is 5.58. The highest BCUT2D eigenvalue weighted by Gasteiger charge is 2.37. The van der Waals surface area contributed by atoms with Crippen LogP contribution in [0.2, 0.25) is 0 Å². The number of carboxylic acid groups (broad SMARTS) is 1. The SMILES string of the molecule is CC[C@H](C)[C@H](N=[N+]=[N-])C(=O)NC(C)(C)C(=O)N[C@H](C(=O)N[C@@H](Cc1ccccc1)C(=O)O)[C@@H](C)O. The number of aliphatic hydroxyl groups excluding tert-OH is 1. The zero-order chi connectivity index (χ0) is 26.8. The Labute approximate surface area is 204 Å². The van der Waals surface area contributed by atoms with Gasteiger partial charge in [-0.2, -0.15) is 0 Å². The van der Waals surface area contributed by atoms with E-state index in [1.54, 1.807) is 37.3 Å². The Morgan fingerprint density at radius 3 is 2.17 bits per heavy atom. The summed E-state index contributed by atoms with van der Waals surface area (Å²) in [4.78, 5) is 52.8. The molecule has 192 valence electrons. The van der Waals surface area contributed by atoms with Crippen LogP contribution in [0.3, 0.4) is 0 Å². The minimum absolute atomic E-state index is 0.000349. The predicted molar refractivity (Wildman–Crippen MR) is 128 cm³/mol. The molecule has 0 aliphatic rings. The van der Waals surface area contributed by atoms with Crippen LogP contribution in [0.4, 0.5) is 0 Å². The molecular formula is C23H34N6O6. The Kier molecular flexibility index (Phi) is 11.2. The summed E-state index contributed by atoms with van der Waals surface area (Å²) in [5.41, 5.74) is 7.90. The first-order chi connectivity index (χ1) is 16.3. The molecule has 3 amide bonds. The third-order valence-corrected chi connectivity index (χ3v) is 5.58. The molecule has 0 spiro atoms. The van der Waals surface area contributed by atoms with E-state index in [1.165, 1.54) is 20.8 Å². The summed E-state index contributed by atoms with van der Waals surface area (Å²) in [5.74, 6) is -3.92. The largest absolute Gasteiger partial charge is 0.480 e. The van der Waals surface area contributed by atoms with Crippen LogP contribution in [0.15, 0.2) is 35.4 Å². The number of hydrogen-bond acceptors (Lipinski definition) is 6. The molecule has 0 aromatic heterocycles. The number of carbonyl (C=O) groups is 4. The number of rotatable bonds is 13. The number of hydrogen-bond donors (Lipinski definition) is 5. The maximum absolute atomic E-state index is 12.9. The molecule has 5 atom stereocenters. The van der Waals surface area contributed by atoms with E-state index >= 15 is 0 Å². The summed E-state index contributed by atoms with van der Waals surface area (Å²) < 4.78 is 0. The molecule has 0 aliphatic heterocycles. The smallest absolute Gasteiger partial charge is 0.326 e. The first-order valence-electron chi connectivity index (χ1n) is 11.3. The van der Waals surface area contributed by atoms with E-state index in [2.05, 4.69) is 26.0 Å². The number of amides is 3. The van der Waals surface area contributed by atoms with Crippen LogP contribution in [0, 0.1) is 5.92 Å². The zero-order valence-electron chi connectivity index (χ0n) is 20.6. The van der Waals surface area contributed by atoms with Crippen molar-refractivity contribution in [2.45, 2.75) is 77.2 Å². The molecule has 5 N–H and O–H groups in total. The van der Waals surface area contributed by atoms with Crippen LogP contribution in [-0.2, 0) is 25.6 Å². The molecular weight excluding hydrogens is 456 g/mol. The second-order valence-electron chi connectivity index (χ2n) is 8.93. The Morgan fingerprint density at radius 2 is 1.69 bits per heavy atom. The van der Waals surface area contributed by atoms with Gasteiger partial charge < -0.3 is 26.2 Å². The number of azide groups is 1. The lowest BCUT2D eigenvalue weighted by atomic mass is 9.96. The Balaban J connectivity index is 2.96. The van der Waals surface area contributed by atoms with Crippen LogP contribution in [0.5, 0.6) is 0 Å². The highest BCUT2D eigenvalue weighted by Crippen LogP contribution is 2.14. The summed E-state index contributed by atoms with van der Waals surface area (Å²) in [6.07, 6.45) is -0.810. The number of carbonyl (C=O) groups excluding carboxylic acids is 3. The van der Waals surface area contributed by atoms with E-state index in [0.29, 0.717) is 12.0 Å². The van der Waals surface area contributed by atoms with Gasteiger partial charge >= 0.3 is 5.97 Å². The Morgan fingerprint density at radius 1 is 1.09 bits per heavy atom. The Hall–Kier alpha value is -3.63. The van der Waals surface area contributed by atoms with Gasteiger partial charge in [-0.25, -0.2) is 4.79 Å². The lowest BCUT2D eigenvalue weighted by molar-refractivity contribution is -0.143. The summed E-state index contributed by atoms with van der Waals surface area (Å²) in [6, 6.07) is 4.85. The fourth-order valence-corrected chi connectivity index (χ4v) is 3.18. The first kappa shape index (κ1) is 29.4. The predicted octanol–water partition coefficient (Wildman–Crippen LogP) is 1.28. The van der Waals surface area contributed by atoms with Gasteiger partial charge in [0.1, 0.15) is 23.7 Å². The van der Waals surface area contributed by atoms with Gasteiger partial charge in [0.25, 0.3) is 0 Å². The van der Waals surface area contributed by atoms with Crippen LogP contribution in [-0.4, -0.2) is 63.7 Å². The molecule has 0 bridgehead atoms. The molecule has 12 nitrogen and oxygen atoms in total. The zero-order valence-corrected chi connectivity index (χ0v) is 20.6. The average molecular weight is 491 g/mol. The molecule has 35 heavy (non-hydrogen) atoms. The molecule has 0 saturated heterocycles. The van der Waals surface area contributed by atoms with Gasteiger partial charge in [0.15, 0.2) is 0 Å². The molecule has 1 rings (SSSR count). The molecule has 0 heterocycles. The van der Waals surface area contributed by atoms with Crippen LogP contribution in [0.25, 0.3) is 10.4 Å². The molecule has 1 aromatic rings. The van der Waals surface area contributed by atoms with Crippen molar-refractivity contribution >= 4 is 23.7 Å². The maximum Gasteiger partial charge on any atom is 0.326 e. The third kappa shape index (κ3) is 8.91. The molecule has 0 aliphatic carbocycles. The molecule has 12 heteroatoms. The topological polar surface area (TPSA) is 194 Å². The lowest BCUT2D eigenvalue weighted by Crippen LogP contribution is -2.63. The van der Waals surface area contributed by atoms with Crippen molar-refractivity contribution in [1.82, 2.24) is 16.0 Å². The van der Waals surface area contributed by atoms with Crippen molar-refractivity contribution in [2.75, 3.05) is 0 Å². The van der Waals surface area contributed by atoms with E-state index in [0.717, 1.165) is 0 Å². The summed E-state index contributed by atoms with van der Waals surface area (Å²) in [7, 11) is 0. The fraction of sp³-hybridized carbons (Fsp3) is 0.565. The maximum atomic E-state index is 12.9. The van der Waals surface area contributed by atoms with Gasteiger partial charge in [0.05, 0.1) is 6.10 Å². The number of aliphatic hydroxyl groups is 1. The van der Waals surface area contributed by atoms with Crippen molar-refractivity contribution in [1.29, 1.82) is 0 Å². The van der Waals surface area contributed by atoms with Crippen LogP contribution in [0.1, 0.15) is 46.6 Å². The summed E-state index contributed by atoms with van der Waals surface area (Å²) in [5, 5.41) is 30.4. The quantitative estimate of drug-likeness (QED) is 0.157. The van der Waals surface area contributed by atoms with E-state index in [9.17, 15) is 29.4 Å². The second kappa shape index (κ2) is 13.3. The minimum Gasteiger partial charge on any atom is -0.480 e. The molecule has 0 unspecified atom stereocenters. The van der Waals surface area contributed by atoms with Crippen molar-refractivity contribution in [2.24, 2.45) is 11.0 Å². The molecule has 1 aromatic carbocycles. The van der Waals surface area contributed by atoms with E-state index in [1.807, 2.05) is 6.92 Å². The number of carboxylic acids is 1. The summed E-state index contributed by atoms with van der Waals surface area (Å²) >= 11 is 0. The highest BCUT2D eigenvalue weighted by molar-refractivity contribution is 5.96. The van der Waals surface area contributed by atoms with Crippen LogP contribution < -0.4 is 16.0 Å². The van der Waals surface area contributed by atoms with Gasteiger partial charge in [-0.1, -0.05) is 55.7 Å². The number of aliphatic carboxylic acids is 1. The molecule has 0 saturated carbocycles. The monoisotopic (exact) mass is 490 g/mol. The molecule has 0 fully saturated rings. The lowest BCUT2D eigenvalue weighted by Gasteiger charge is -2.31. The normalized spacial score (nSPS) is 15.4. The second-order valence-corrected chi connectivity index (χ2v) is 8.93. The van der Waals surface area contributed by atoms with Gasteiger partial charge in [0, 0.05) is 11.3 Å².